The maximum atomic E-state index is 11.7. The zero-order valence-electron chi connectivity index (χ0n) is 8.26. The average Bonchev–Trinajstić information content (AvgIpc) is 1.98. The molecule has 0 bridgehead atoms. The van der Waals surface area contributed by atoms with E-state index in [1.807, 2.05) is 6.92 Å². The fraction of sp³-hybridized carbons (Fsp3) is 0.400. The molecular weight excluding hydrogens is 248 g/mol. The molecule has 0 saturated carbocycles. The van der Waals surface area contributed by atoms with Gasteiger partial charge in [-0.2, -0.15) is 0 Å². The summed E-state index contributed by atoms with van der Waals surface area (Å²) < 4.78 is 5.43. The molecule has 0 saturated heterocycles. The number of ether oxygens (including phenoxy) is 1. The van der Waals surface area contributed by atoms with Crippen molar-refractivity contribution in [1.29, 1.82) is 0 Å². The van der Waals surface area contributed by atoms with Crippen molar-refractivity contribution in [2.45, 2.75) is 26.4 Å². The lowest BCUT2D eigenvalue weighted by Crippen LogP contribution is -2.39. The molecule has 0 fully saturated rings. The monoisotopic (exact) mass is 258 g/mol. The van der Waals surface area contributed by atoms with Crippen molar-refractivity contribution >= 4 is 27.7 Å². The summed E-state index contributed by atoms with van der Waals surface area (Å²) in [5, 5.41) is 0. The number of hydrogen-bond acceptors (Lipinski definition) is 3. The van der Waals surface area contributed by atoms with Crippen LogP contribution in [0, 0.1) is 0 Å². The minimum atomic E-state index is -1.16. The van der Waals surface area contributed by atoms with E-state index in [1.54, 1.807) is 19.1 Å². The molecule has 0 aliphatic heterocycles. The van der Waals surface area contributed by atoms with Gasteiger partial charge in [-0.15, -0.1) is 0 Å². The molecule has 1 aliphatic rings. The van der Waals surface area contributed by atoms with Crippen molar-refractivity contribution in [2.24, 2.45) is 0 Å². The third kappa shape index (κ3) is 2.12. The van der Waals surface area contributed by atoms with E-state index >= 15 is 0 Å². The van der Waals surface area contributed by atoms with E-state index in [-0.39, 0.29) is 5.78 Å². The summed E-state index contributed by atoms with van der Waals surface area (Å²) in [6.45, 7) is 4.71. The highest BCUT2D eigenvalue weighted by Crippen LogP contribution is 2.29. The number of hydrogen-bond donors (Lipinski definition) is 0. The molecule has 0 N–H and O–H groups in total. The SMILES string of the molecule is CC(=O)OC1(C)C=C(C)C=C(Br)C1=O. The Morgan fingerprint density at radius 2 is 2.14 bits per heavy atom. The van der Waals surface area contributed by atoms with Crippen LogP contribution in [-0.2, 0) is 14.3 Å². The molecule has 76 valence electrons. The van der Waals surface area contributed by atoms with E-state index in [4.69, 9.17) is 4.74 Å². The summed E-state index contributed by atoms with van der Waals surface area (Å²) in [5.41, 5.74) is -0.274. The number of Topliss-reactive ketones (excluding diaryl/α,β-unsaturated/α-hetero) is 1. The van der Waals surface area contributed by atoms with E-state index in [9.17, 15) is 9.59 Å². The van der Waals surface area contributed by atoms with Crippen molar-refractivity contribution in [3.8, 4) is 0 Å². The number of carbonyl (C=O) groups is 2. The molecule has 0 aromatic heterocycles. The van der Waals surface area contributed by atoms with Gasteiger partial charge in [0.25, 0.3) is 0 Å². The van der Waals surface area contributed by atoms with Gasteiger partial charge in [0.15, 0.2) is 5.60 Å². The summed E-state index contributed by atoms with van der Waals surface area (Å²) in [6.07, 6.45) is 3.34. The topological polar surface area (TPSA) is 43.4 Å². The van der Waals surface area contributed by atoms with Gasteiger partial charge in [-0.25, -0.2) is 0 Å². The fourth-order valence-electron chi connectivity index (χ4n) is 1.42. The normalized spacial score (nSPS) is 26.7. The summed E-state index contributed by atoms with van der Waals surface area (Å²) in [7, 11) is 0. The Bertz CT molecular complexity index is 354. The molecule has 0 aromatic carbocycles. The van der Waals surface area contributed by atoms with Crippen molar-refractivity contribution in [1.82, 2.24) is 0 Å². The smallest absolute Gasteiger partial charge is 0.303 e. The summed E-state index contributed by atoms with van der Waals surface area (Å²) in [4.78, 5) is 22.5. The van der Waals surface area contributed by atoms with E-state index < -0.39 is 11.6 Å². The van der Waals surface area contributed by atoms with Crippen LogP contribution in [0.25, 0.3) is 0 Å². The Labute approximate surface area is 90.9 Å². The summed E-state index contributed by atoms with van der Waals surface area (Å²) in [6, 6.07) is 0. The predicted molar refractivity (Wildman–Crippen MR) is 55.9 cm³/mol. The van der Waals surface area contributed by atoms with Crippen molar-refractivity contribution in [3.63, 3.8) is 0 Å². The predicted octanol–water partition coefficient (Wildman–Crippen LogP) is 2.12. The van der Waals surface area contributed by atoms with Gasteiger partial charge in [0.2, 0.25) is 5.78 Å². The average molecular weight is 259 g/mol. The van der Waals surface area contributed by atoms with E-state index in [2.05, 4.69) is 15.9 Å². The Balaban J connectivity index is 3.06. The molecule has 0 amide bonds. The van der Waals surface area contributed by atoms with Gasteiger partial charge >= 0.3 is 5.97 Å². The van der Waals surface area contributed by atoms with E-state index in [1.165, 1.54) is 6.92 Å². The molecule has 14 heavy (non-hydrogen) atoms. The van der Waals surface area contributed by atoms with Gasteiger partial charge in [-0.3, -0.25) is 9.59 Å². The van der Waals surface area contributed by atoms with Gasteiger partial charge in [0.05, 0.1) is 4.48 Å². The van der Waals surface area contributed by atoms with Gasteiger partial charge in [-0.05, 0) is 47.5 Å². The Morgan fingerprint density at radius 1 is 1.57 bits per heavy atom. The summed E-state index contributed by atoms with van der Waals surface area (Å²) in [5.74, 6) is -0.703. The number of halogens is 1. The standard InChI is InChI=1S/C10H11BrO3/c1-6-4-8(11)9(13)10(3,5-6)14-7(2)12/h4-5H,1-3H3. The number of ketones is 1. The second kappa shape index (κ2) is 3.69. The van der Waals surface area contributed by atoms with Crippen LogP contribution in [0.2, 0.25) is 0 Å². The first-order valence-corrected chi connectivity index (χ1v) is 4.95. The maximum Gasteiger partial charge on any atom is 0.303 e. The van der Waals surface area contributed by atoms with Gasteiger partial charge in [0.1, 0.15) is 0 Å². The molecule has 1 aliphatic carbocycles. The lowest BCUT2D eigenvalue weighted by molar-refractivity contribution is -0.157. The first kappa shape index (κ1) is 11.2. The van der Waals surface area contributed by atoms with Crippen LogP contribution in [-0.4, -0.2) is 17.4 Å². The van der Waals surface area contributed by atoms with E-state index in [0.29, 0.717) is 4.48 Å². The van der Waals surface area contributed by atoms with Crippen LogP contribution in [0.4, 0.5) is 0 Å². The highest BCUT2D eigenvalue weighted by Gasteiger charge is 2.37. The Hall–Kier alpha value is -0.900. The number of rotatable bonds is 1. The minimum absolute atomic E-state index is 0.238. The Morgan fingerprint density at radius 3 is 2.64 bits per heavy atom. The second-order valence-corrected chi connectivity index (χ2v) is 4.26. The number of carbonyl (C=O) groups excluding carboxylic acids is 2. The lowest BCUT2D eigenvalue weighted by Gasteiger charge is -2.27. The molecule has 0 radical (unpaired) electrons. The van der Waals surface area contributed by atoms with Gasteiger partial charge in [0, 0.05) is 6.92 Å². The molecule has 0 spiro atoms. The molecular formula is C10H11BrO3. The van der Waals surface area contributed by atoms with Crippen molar-refractivity contribution in [3.05, 3.63) is 22.2 Å². The first-order chi connectivity index (χ1) is 6.35. The van der Waals surface area contributed by atoms with Crippen LogP contribution < -0.4 is 0 Å². The van der Waals surface area contributed by atoms with Crippen LogP contribution in [0.3, 0.4) is 0 Å². The molecule has 1 rings (SSSR count). The highest BCUT2D eigenvalue weighted by molar-refractivity contribution is 9.12. The number of allylic oxidation sites excluding steroid dienone is 2. The van der Waals surface area contributed by atoms with Gasteiger partial charge < -0.3 is 4.74 Å². The van der Waals surface area contributed by atoms with Gasteiger partial charge in [-0.1, -0.05) is 0 Å². The van der Waals surface area contributed by atoms with Crippen molar-refractivity contribution < 1.29 is 14.3 Å². The van der Waals surface area contributed by atoms with Crippen molar-refractivity contribution in [2.75, 3.05) is 0 Å². The zero-order chi connectivity index (χ0) is 10.9. The first-order valence-electron chi connectivity index (χ1n) is 4.16. The lowest BCUT2D eigenvalue weighted by atomic mass is 9.92. The largest absolute Gasteiger partial charge is 0.447 e. The zero-order valence-corrected chi connectivity index (χ0v) is 9.84. The van der Waals surface area contributed by atoms with Crippen LogP contribution >= 0.6 is 15.9 Å². The maximum absolute atomic E-state index is 11.7. The molecule has 1 atom stereocenters. The Kier molecular flexibility index (Phi) is 2.95. The van der Waals surface area contributed by atoms with Crippen LogP contribution in [0.1, 0.15) is 20.8 Å². The minimum Gasteiger partial charge on any atom is -0.447 e. The third-order valence-corrected chi connectivity index (χ3v) is 2.47. The molecule has 0 aromatic rings. The third-order valence-electron chi connectivity index (χ3n) is 1.88. The van der Waals surface area contributed by atoms with E-state index in [0.717, 1.165) is 5.57 Å². The number of esters is 1. The summed E-state index contributed by atoms with van der Waals surface area (Å²) >= 11 is 3.14. The quantitative estimate of drug-likeness (QED) is 0.677. The highest BCUT2D eigenvalue weighted by atomic mass is 79.9. The van der Waals surface area contributed by atoms with Crippen LogP contribution in [0.15, 0.2) is 22.2 Å². The molecule has 3 nitrogen and oxygen atoms in total. The molecule has 1 unspecified atom stereocenters. The molecule has 0 heterocycles. The van der Waals surface area contributed by atoms with Crippen LogP contribution in [0.5, 0.6) is 0 Å². The molecule has 4 heteroatoms. The fourth-order valence-corrected chi connectivity index (χ4v) is 2.17. The second-order valence-electron chi connectivity index (χ2n) is 3.41.